The second-order valence-electron chi connectivity index (χ2n) is 8.15. The van der Waals surface area contributed by atoms with Gasteiger partial charge in [-0.05, 0) is 50.7 Å². The molecule has 0 radical (unpaired) electrons. The highest BCUT2D eigenvalue weighted by atomic mass is 16.5. The standard InChI is InChI=1S/C22H26N4O3/c1-5-26-17-13-22(3,4)12-11-16(17)18(24-26)20-23-19(25-29-20)14-7-9-15(10-8-14)21(27)28-6-2/h7-10H,5-6,11-13H2,1-4H3. The summed E-state index contributed by atoms with van der Waals surface area (Å²) in [6, 6.07) is 7.01. The highest BCUT2D eigenvalue weighted by Crippen LogP contribution is 2.39. The molecule has 152 valence electrons. The van der Waals surface area contributed by atoms with Crippen LogP contribution in [0.15, 0.2) is 28.8 Å². The number of ether oxygens (including phenoxy) is 1. The quantitative estimate of drug-likeness (QED) is 0.600. The van der Waals surface area contributed by atoms with Gasteiger partial charge in [-0.25, -0.2) is 4.79 Å². The van der Waals surface area contributed by atoms with Gasteiger partial charge < -0.3 is 9.26 Å². The Hall–Kier alpha value is -2.96. The van der Waals surface area contributed by atoms with Crippen molar-refractivity contribution in [3.05, 3.63) is 41.1 Å². The van der Waals surface area contributed by atoms with E-state index in [2.05, 4.69) is 35.6 Å². The second-order valence-corrected chi connectivity index (χ2v) is 8.15. The van der Waals surface area contributed by atoms with Crippen LogP contribution in [0.3, 0.4) is 0 Å². The number of aromatic nitrogens is 4. The monoisotopic (exact) mass is 394 g/mol. The number of carbonyl (C=O) groups is 1. The topological polar surface area (TPSA) is 83.0 Å². The molecule has 7 nitrogen and oxygen atoms in total. The Balaban J connectivity index is 1.63. The largest absolute Gasteiger partial charge is 0.462 e. The van der Waals surface area contributed by atoms with Crippen molar-refractivity contribution in [2.45, 2.75) is 53.5 Å². The van der Waals surface area contributed by atoms with Gasteiger partial charge in [0.25, 0.3) is 5.89 Å². The smallest absolute Gasteiger partial charge is 0.338 e. The Bertz CT molecular complexity index is 1030. The Labute approximate surface area is 170 Å². The molecule has 0 aliphatic heterocycles. The van der Waals surface area contributed by atoms with Crippen molar-refractivity contribution in [2.24, 2.45) is 5.41 Å². The van der Waals surface area contributed by atoms with E-state index in [1.165, 1.54) is 11.3 Å². The average Bonchev–Trinajstić information content (AvgIpc) is 3.32. The molecule has 1 aromatic carbocycles. The SMILES string of the molecule is CCOC(=O)c1ccc(-c2noc(-c3nn(CC)c4c3CCC(C)(C)C4)n2)cc1. The van der Waals surface area contributed by atoms with Crippen LogP contribution in [0.4, 0.5) is 0 Å². The number of aryl methyl sites for hydroxylation is 1. The number of esters is 1. The molecule has 2 heterocycles. The van der Waals surface area contributed by atoms with Gasteiger partial charge >= 0.3 is 5.97 Å². The van der Waals surface area contributed by atoms with Crippen molar-refractivity contribution >= 4 is 5.97 Å². The highest BCUT2D eigenvalue weighted by Gasteiger charge is 2.32. The molecule has 7 heteroatoms. The molecule has 4 rings (SSSR count). The summed E-state index contributed by atoms with van der Waals surface area (Å²) in [5.41, 5.74) is 4.84. The molecular weight excluding hydrogens is 368 g/mol. The summed E-state index contributed by atoms with van der Waals surface area (Å²) in [5.74, 6) is 0.580. The molecule has 2 aromatic heterocycles. The van der Waals surface area contributed by atoms with Crippen molar-refractivity contribution in [3.63, 3.8) is 0 Å². The molecule has 0 saturated heterocycles. The molecule has 3 aromatic rings. The first-order valence-corrected chi connectivity index (χ1v) is 10.1. The van der Waals surface area contributed by atoms with Crippen LogP contribution in [0.5, 0.6) is 0 Å². The van der Waals surface area contributed by atoms with Gasteiger partial charge in [0.2, 0.25) is 5.82 Å². The Morgan fingerprint density at radius 3 is 2.69 bits per heavy atom. The van der Waals surface area contributed by atoms with Crippen LogP contribution in [0.2, 0.25) is 0 Å². The Morgan fingerprint density at radius 1 is 1.24 bits per heavy atom. The predicted molar refractivity (Wildman–Crippen MR) is 108 cm³/mol. The summed E-state index contributed by atoms with van der Waals surface area (Å²) >= 11 is 0. The van der Waals surface area contributed by atoms with E-state index in [0.29, 0.717) is 23.9 Å². The van der Waals surface area contributed by atoms with Crippen LogP contribution in [-0.2, 0) is 24.1 Å². The fourth-order valence-electron chi connectivity index (χ4n) is 3.84. The van der Waals surface area contributed by atoms with E-state index in [9.17, 15) is 4.79 Å². The van der Waals surface area contributed by atoms with E-state index < -0.39 is 0 Å². The maximum absolute atomic E-state index is 11.8. The van der Waals surface area contributed by atoms with E-state index in [1.807, 2.05) is 0 Å². The lowest BCUT2D eigenvalue weighted by Gasteiger charge is -2.30. The minimum atomic E-state index is -0.340. The molecule has 0 bridgehead atoms. The minimum absolute atomic E-state index is 0.276. The normalized spacial score (nSPS) is 15.2. The molecule has 0 amide bonds. The van der Waals surface area contributed by atoms with Gasteiger partial charge in [0.05, 0.1) is 12.2 Å². The first-order chi connectivity index (χ1) is 13.9. The zero-order valence-corrected chi connectivity index (χ0v) is 17.4. The van der Waals surface area contributed by atoms with E-state index in [0.717, 1.165) is 37.1 Å². The van der Waals surface area contributed by atoms with Crippen molar-refractivity contribution in [3.8, 4) is 23.0 Å². The van der Waals surface area contributed by atoms with Crippen molar-refractivity contribution in [1.29, 1.82) is 0 Å². The fraction of sp³-hybridized carbons (Fsp3) is 0.455. The van der Waals surface area contributed by atoms with Crippen molar-refractivity contribution < 1.29 is 14.1 Å². The zero-order valence-electron chi connectivity index (χ0n) is 17.4. The molecule has 0 fully saturated rings. The molecule has 1 aliphatic rings. The summed E-state index contributed by atoms with van der Waals surface area (Å²) < 4.78 is 12.6. The van der Waals surface area contributed by atoms with Crippen LogP contribution in [-0.4, -0.2) is 32.5 Å². The lowest BCUT2D eigenvalue weighted by Crippen LogP contribution is -2.24. The first kappa shape index (κ1) is 19.4. The van der Waals surface area contributed by atoms with Gasteiger partial charge in [0.15, 0.2) is 5.69 Å². The van der Waals surface area contributed by atoms with Crippen LogP contribution in [0, 0.1) is 5.41 Å². The number of rotatable bonds is 5. The van der Waals surface area contributed by atoms with Crippen LogP contribution in [0.1, 0.15) is 55.7 Å². The second kappa shape index (κ2) is 7.46. The van der Waals surface area contributed by atoms with Crippen LogP contribution in [0.25, 0.3) is 23.0 Å². The number of benzene rings is 1. The number of hydrogen-bond donors (Lipinski definition) is 0. The van der Waals surface area contributed by atoms with Gasteiger partial charge in [-0.15, -0.1) is 0 Å². The molecular formula is C22H26N4O3. The van der Waals surface area contributed by atoms with E-state index in [1.54, 1.807) is 31.2 Å². The molecule has 1 aliphatic carbocycles. The highest BCUT2D eigenvalue weighted by molar-refractivity contribution is 5.89. The molecule has 0 N–H and O–H groups in total. The maximum atomic E-state index is 11.8. The summed E-state index contributed by atoms with van der Waals surface area (Å²) in [5, 5.41) is 8.90. The van der Waals surface area contributed by atoms with E-state index >= 15 is 0 Å². The fourth-order valence-corrected chi connectivity index (χ4v) is 3.84. The van der Waals surface area contributed by atoms with E-state index in [-0.39, 0.29) is 11.4 Å². The summed E-state index contributed by atoms with van der Waals surface area (Å²) in [7, 11) is 0. The third-order valence-corrected chi connectivity index (χ3v) is 5.45. The Kier molecular flexibility index (Phi) is 4.98. The third kappa shape index (κ3) is 3.69. The summed E-state index contributed by atoms with van der Waals surface area (Å²) in [4.78, 5) is 16.4. The molecule has 0 atom stereocenters. The number of fused-ring (bicyclic) bond motifs is 1. The molecule has 0 unspecified atom stereocenters. The van der Waals surface area contributed by atoms with Gasteiger partial charge in [-0.2, -0.15) is 10.1 Å². The summed E-state index contributed by atoms with van der Waals surface area (Å²) in [6.45, 7) is 9.64. The van der Waals surface area contributed by atoms with E-state index in [4.69, 9.17) is 14.4 Å². The zero-order chi connectivity index (χ0) is 20.6. The van der Waals surface area contributed by atoms with Crippen LogP contribution >= 0.6 is 0 Å². The lowest BCUT2D eigenvalue weighted by atomic mass is 9.76. The number of nitrogens with zero attached hydrogens (tertiary/aromatic N) is 4. The maximum Gasteiger partial charge on any atom is 0.338 e. The van der Waals surface area contributed by atoms with Gasteiger partial charge in [-0.3, -0.25) is 4.68 Å². The third-order valence-electron chi connectivity index (χ3n) is 5.45. The predicted octanol–water partition coefficient (Wildman–Crippen LogP) is 4.31. The van der Waals surface area contributed by atoms with Crippen molar-refractivity contribution in [1.82, 2.24) is 19.9 Å². The van der Waals surface area contributed by atoms with Gasteiger partial charge in [0.1, 0.15) is 0 Å². The van der Waals surface area contributed by atoms with Crippen LogP contribution < -0.4 is 0 Å². The molecule has 0 saturated carbocycles. The van der Waals surface area contributed by atoms with Gasteiger partial charge in [-0.1, -0.05) is 31.1 Å². The van der Waals surface area contributed by atoms with Crippen molar-refractivity contribution in [2.75, 3.05) is 6.61 Å². The molecule has 29 heavy (non-hydrogen) atoms. The number of carbonyl (C=O) groups excluding carboxylic acids is 1. The number of hydrogen-bond acceptors (Lipinski definition) is 6. The average molecular weight is 394 g/mol. The lowest BCUT2D eigenvalue weighted by molar-refractivity contribution is 0.0526. The van der Waals surface area contributed by atoms with Gasteiger partial charge in [0, 0.05) is 23.4 Å². The first-order valence-electron chi connectivity index (χ1n) is 10.1. The minimum Gasteiger partial charge on any atom is -0.462 e. The summed E-state index contributed by atoms with van der Waals surface area (Å²) in [6.07, 6.45) is 3.07. The Morgan fingerprint density at radius 2 is 2.00 bits per heavy atom. The molecule has 0 spiro atoms.